The van der Waals surface area contributed by atoms with E-state index >= 15 is 0 Å². The minimum Gasteiger partial charge on any atom is -0.356 e. The second-order valence-electron chi connectivity index (χ2n) is 7.36. The van der Waals surface area contributed by atoms with Gasteiger partial charge in [-0.2, -0.15) is 11.8 Å². The number of thioether (sulfide) groups is 1. The van der Waals surface area contributed by atoms with Gasteiger partial charge in [0.05, 0.1) is 0 Å². The first-order valence-corrected chi connectivity index (χ1v) is 10.8. The summed E-state index contributed by atoms with van der Waals surface area (Å²) >= 11 is 2.22. The van der Waals surface area contributed by atoms with Crippen LogP contribution < -0.4 is 5.32 Å². The largest absolute Gasteiger partial charge is 0.356 e. The Morgan fingerprint density at radius 3 is 2.88 bits per heavy atom. The van der Waals surface area contributed by atoms with E-state index in [-0.39, 0.29) is 0 Å². The summed E-state index contributed by atoms with van der Waals surface area (Å²) < 4.78 is 2.72. The molecule has 1 aromatic rings. The number of nitrogens with one attached hydrogen (secondary N) is 1. The molecule has 5 nitrogen and oxygen atoms in total. The van der Waals surface area contributed by atoms with Gasteiger partial charge in [-0.25, -0.2) is 4.98 Å². The summed E-state index contributed by atoms with van der Waals surface area (Å²) in [5, 5.41) is 3.60. The molecule has 0 atom stereocenters. The molecule has 0 aromatic carbocycles. The highest BCUT2D eigenvalue weighted by Crippen LogP contribution is 2.42. The van der Waals surface area contributed by atoms with Crippen LogP contribution in [0.2, 0.25) is 0 Å². The molecular weight excluding hydrogens is 330 g/mol. The van der Waals surface area contributed by atoms with Crippen molar-refractivity contribution in [2.45, 2.75) is 63.2 Å². The Balaban J connectivity index is 1.42. The second-order valence-corrected chi connectivity index (χ2v) is 8.93. The molecule has 2 aliphatic rings. The summed E-state index contributed by atoms with van der Waals surface area (Å²) in [6, 6.07) is 0. The molecule has 1 aliphatic carbocycles. The zero-order valence-corrected chi connectivity index (χ0v) is 16.7. The van der Waals surface area contributed by atoms with Crippen LogP contribution in [0.25, 0.3) is 0 Å². The molecule has 2 heterocycles. The molecular formula is C19H33N5S. The number of nitrogens with zero attached hydrogens (tertiary/aromatic N) is 4. The van der Waals surface area contributed by atoms with E-state index in [1.807, 2.05) is 13.2 Å². The molecule has 1 spiro atoms. The number of hydrogen-bond acceptors (Lipinski definition) is 3. The lowest BCUT2D eigenvalue weighted by atomic mass is 9.87. The molecule has 1 N–H and O–H groups in total. The zero-order valence-electron chi connectivity index (χ0n) is 15.8. The fourth-order valence-electron chi connectivity index (χ4n) is 4.10. The van der Waals surface area contributed by atoms with Crippen LogP contribution in [0.3, 0.4) is 0 Å². The SMILES string of the molecule is CN=C(NCCCCn1ccnc1C)N1CCSC2(CCCCC2)C1. The minimum atomic E-state index is 0.493. The van der Waals surface area contributed by atoms with Gasteiger partial charge in [-0.05, 0) is 32.6 Å². The Bertz CT molecular complexity index is 556. The zero-order chi connectivity index (χ0) is 17.5. The van der Waals surface area contributed by atoms with Crippen LogP contribution in [0.1, 0.15) is 50.8 Å². The normalized spacial score (nSPS) is 20.9. The van der Waals surface area contributed by atoms with Crippen molar-refractivity contribution in [2.24, 2.45) is 4.99 Å². The number of imidazole rings is 1. The van der Waals surface area contributed by atoms with Crippen LogP contribution in [0.4, 0.5) is 0 Å². The molecule has 0 amide bonds. The second kappa shape index (κ2) is 8.97. The lowest BCUT2D eigenvalue weighted by molar-refractivity contribution is 0.293. The molecule has 0 radical (unpaired) electrons. The summed E-state index contributed by atoms with van der Waals surface area (Å²) in [4.78, 5) is 11.3. The fraction of sp³-hybridized carbons (Fsp3) is 0.789. The summed E-state index contributed by atoms with van der Waals surface area (Å²) in [6.07, 6.45) is 13.3. The lowest BCUT2D eigenvalue weighted by Crippen LogP contribution is -2.53. The Kier molecular flexibility index (Phi) is 6.68. The third-order valence-electron chi connectivity index (χ3n) is 5.56. The van der Waals surface area contributed by atoms with Crippen molar-refractivity contribution < 1.29 is 0 Å². The van der Waals surface area contributed by atoms with Crippen LogP contribution in [0, 0.1) is 6.92 Å². The topological polar surface area (TPSA) is 45.5 Å². The van der Waals surface area contributed by atoms with Gasteiger partial charge in [-0.15, -0.1) is 0 Å². The van der Waals surface area contributed by atoms with Crippen molar-refractivity contribution in [1.29, 1.82) is 0 Å². The predicted octanol–water partition coefficient (Wildman–Crippen LogP) is 3.30. The van der Waals surface area contributed by atoms with Crippen LogP contribution in [0.15, 0.2) is 17.4 Å². The molecule has 2 fully saturated rings. The Morgan fingerprint density at radius 1 is 1.32 bits per heavy atom. The van der Waals surface area contributed by atoms with Gasteiger partial charge in [-0.1, -0.05) is 19.3 Å². The highest BCUT2D eigenvalue weighted by Gasteiger charge is 2.38. The molecule has 1 aromatic heterocycles. The van der Waals surface area contributed by atoms with Crippen LogP contribution in [-0.4, -0.2) is 57.6 Å². The number of hydrogen-bond donors (Lipinski definition) is 1. The van der Waals surface area contributed by atoms with E-state index < -0.39 is 0 Å². The molecule has 3 rings (SSSR count). The monoisotopic (exact) mass is 363 g/mol. The number of aliphatic imine (C=N–C) groups is 1. The van der Waals surface area contributed by atoms with Crippen LogP contribution in [-0.2, 0) is 6.54 Å². The third-order valence-corrected chi connectivity index (χ3v) is 7.09. The number of guanidine groups is 1. The molecule has 6 heteroatoms. The van der Waals surface area contributed by atoms with E-state index in [9.17, 15) is 0 Å². The maximum Gasteiger partial charge on any atom is 0.193 e. The van der Waals surface area contributed by atoms with Gasteiger partial charge in [-0.3, -0.25) is 4.99 Å². The Morgan fingerprint density at radius 2 is 2.16 bits per heavy atom. The third kappa shape index (κ3) is 4.93. The quantitative estimate of drug-likeness (QED) is 0.495. The average molecular weight is 364 g/mol. The first-order chi connectivity index (χ1) is 12.2. The summed E-state index contributed by atoms with van der Waals surface area (Å²) in [6.45, 7) is 6.41. The van der Waals surface area contributed by atoms with E-state index in [1.54, 1.807) is 0 Å². The van der Waals surface area contributed by atoms with Crippen molar-refractivity contribution in [1.82, 2.24) is 19.8 Å². The Hall–Kier alpha value is -1.17. The van der Waals surface area contributed by atoms with Gasteiger partial charge in [0, 0.05) is 56.1 Å². The molecule has 1 saturated heterocycles. The van der Waals surface area contributed by atoms with Crippen molar-refractivity contribution in [3.63, 3.8) is 0 Å². The maximum atomic E-state index is 4.56. The van der Waals surface area contributed by atoms with E-state index in [1.165, 1.54) is 50.8 Å². The number of aromatic nitrogens is 2. The van der Waals surface area contributed by atoms with Gasteiger partial charge in [0.2, 0.25) is 0 Å². The smallest absolute Gasteiger partial charge is 0.193 e. The standard InChI is InChI=1S/C19H33N5S/c1-17-21-11-13-23(17)12-7-6-10-22-18(20-2)24-14-15-25-19(16-24)8-4-3-5-9-19/h11,13H,3-10,12,14-16H2,1-2H3,(H,20,22). The highest BCUT2D eigenvalue weighted by atomic mass is 32.2. The van der Waals surface area contributed by atoms with E-state index in [2.05, 4.69) is 49.6 Å². The number of unbranched alkanes of at least 4 members (excludes halogenated alkanes) is 1. The van der Waals surface area contributed by atoms with Crippen LogP contribution in [0.5, 0.6) is 0 Å². The summed E-state index contributed by atoms with van der Waals surface area (Å²) in [5.41, 5.74) is 0. The summed E-state index contributed by atoms with van der Waals surface area (Å²) in [7, 11) is 1.92. The molecule has 0 bridgehead atoms. The van der Waals surface area contributed by atoms with Crippen LogP contribution >= 0.6 is 11.8 Å². The van der Waals surface area contributed by atoms with E-state index in [4.69, 9.17) is 0 Å². The fourth-order valence-corrected chi connectivity index (χ4v) is 5.67. The number of rotatable bonds is 5. The van der Waals surface area contributed by atoms with E-state index in [0.717, 1.165) is 37.8 Å². The first-order valence-electron chi connectivity index (χ1n) is 9.80. The van der Waals surface area contributed by atoms with Gasteiger partial charge in [0.25, 0.3) is 0 Å². The predicted molar refractivity (Wildman–Crippen MR) is 107 cm³/mol. The van der Waals surface area contributed by atoms with Gasteiger partial charge in [0.15, 0.2) is 5.96 Å². The molecule has 25 heavy (non-hydrogen) atoms. The number of aryl methyl sites for hydroxylation is 2. The Labute approximate surface area is 156 Å². The lowest BCUT2D eigenvalue weighted by Gasteiger charge is -2.45. The van der Waals surface area contributed by atoms with Crippen molar-refractivity contribution in [3.05, 3.63) is 18.2 Å². The van der Waals surface area contributed by atoms with Crippen molar-refractivity contribution >= 4 is 17.7 Å². The van der Waals surface area contributed by atoms with Gasteiger partial charge >= 0.3 is 0 Å². The average Bonchev–Trinajstić information content (AvgIpc) is 3.04. The highest BCUT2D eigenvalue weighted by molar-refractivity contribution is 8.00. The van der Waals surface area contributed by atoms with Crippen molar-refractivity contribution in [2.75, 3.05) is 32.4 Å². The molecule has 1 aliphatic heterocycles. The van der Waals surface area contributed by atoms with Crippen molar-refractivity contribution in [3.8, 4) is 0 Å². The van der Waals surface area contributed by atoms with Gasteiger partial charge < -0.3 is 14.8 Å². The van der Waals surface area contributed by atoms with Gasteiger partial charge in [0.1, 0.15) is 5.82 Å². The molecule has 1 saturated carbocycles. The first kappa shape index (κ1) is 18.6. The minimum absolute atomic E-state index is 0.493. The van der Waals surface area contributed by atoms with E-state index in [0.29, 0.717) is 4.75 Å². The maximum absolute atomic E-state index is 4.56. The molecule has 140 valence electrons. The molecule has 0 unspecified atom stereocenters. The summed E-state index contributed by atoms with van der Waals surface area (Å²) in [5.74, 6) is 3.44.